The van der Waals surface area contributed by atoms with Gasteiger partial charge >= 0.3 is 29.0 Å². The van der Waals surface area contributed by atoms with E-state index in [1.807, 2.05) is 0 Å². The molecule has 38 heavy (non-hydrogen) atoms. The first-order chi connectivity index (χ1) is 17.2. The number of anilines is 2. The number of aromatic amines is 1. The van der Waals surface area contributed by atoms with Crippen molar-refractivity contribution < 1.29 is 59.2 Å². The number of nitrogens with zero attached hydrogens (tertiary/aromatic N) is 3. The van der Waals surface area contributed by atoms with Gasteiger partial charge in [-0.1, -0.05) is 0 Å². The molecular weight excluding hydrogens is 573 g/mol. The van der Waals surface area contributed by atoms with E-state index in [4.69, 9.17) is 33.5 Å². The number of hydrogen-bond donors (Lipinski definition) is 6. The number of aromatic nitrogens is 4. The largest absolute Gasteiger partial charge is 2.00 e. The van der Waals surface area contributed by atoms with Crippen molar-refractivity contribution in [3.05, 3.63) is 52.1 Å². The zero-order valence-electron chi connectivity index (χ0n) is 19.0. The molecule has 0 unspecified atom stereocenters. The van der Waals surface area contributed by atoms with Crippen LogP contribution in [-0.4, -0.2) is 71.6 Å². The molecule has 203 valence electrons. The van der Waals surface area contributed by atoms with Crippen molar-refractivity contribution in [3.8, 4) is 0 Å². The minimum absolute atomic E-state index is 0. The van der Waals surface area contributed by atoms with Crippen LogP contribution in [0.2, 0.25) is 0 Å². The van der Waals surface area contributed by atoms with Gasteiger partial charge < -0.3 is 35.7 Å². The van der Waals surface area contributed by atoms with Crippen LogP contribution in [0.3, 0.4) is 0 Å². The maximum absolute atomic E-state index is 12.3. The number of carboxylic acids is 2. The number of carbonyl (C=O) groups excluding carboxylic acids is 1. The van der Waals surface area contributed by atoms with Gasteiger partial charge in [-0.25, -0.2) is 14.8 Å². The Hall–Kier alpha value is -4.16. The van der Waals surface area contributed by atoms with Gasteiger partial charge in [-0.2, -0.15) is 4.98 Å². The molecule has 0 fully saturated rings. The molecule has 1 aromatic carbocycles. The van der Waals surface area contributed by atoms with Crippen LogP contribution in [0.25, 0.3) is 11.2 Å². The van der Waals surface area contributed by atoms with Crippen LogP contribution >= 0.6 is 0 Å². The SMILES string of the molecule is Nc1nc2ncc(CNc3ccc(C(=O)N[C@@H](CCC(=O)O)C(=O)O)cc3)nc2c(=O)[nH]1.O=S(=O)([O-])[O-].[Mn+2]. The van der Waals surface area contributed by atoms with E-state index in [-0.39, 0.29) is 59.1 Å². The molecule has 3 rings (SSSR count). The van der Waals surface area contributed by atoms with Crippen LogP contribution in [0.15, 0.2) is 35.3 Å². The summed E-state index contributed by atoms with van der Waals surface area (Å²) in [4.78, 5) is 60.6. The fraction of sp³-hybridized carbons (Fsp3) is 0.211. The van der Waals surface area contributed by atoms with E-state index in [2.05, 4.69) is 30.6 Å². The Morgan fingerprint density at radius 2 is 1.71 bits per heavy atom. The molecule has 0 aliphatic carbocycles. The predicted molar refractivity (Wildman–Crippen MR) is 122 cm³/mol. The number of nitrogens with two attached hydrogens (primary N) is 1. The first-order valence-corrected chi connectivity index (χ1v) is 11.3. The van der Waals surface area contributed by atoms with E-state index in [1.165, 1.54) is 18.3 Å². The number of H-pyrrole nitrogens is 1. The number of carboxylic acid groups (broad SMARTS) is 2. The summed E-state index contributed by atoms with van der Waals surface area (Å²) in [5.74, 6) is -3.16. The summed E-state index contributed by atoms with van der Waals surface area (Å²) in [6.45, 7) is 0.231. The molecule has 0 aliphatic heterocycles. The Balaban J connectivity index is 0.00000110. The van der Waals surface area contributed by atoms with Crippen LogP contribution < -0.4 is 21.9 Å². The first-order valence-electron chi connectivity index (χ1n) is 10.0. The Morgan fingerprint density at radius 1 is 1.11 bits per heavy atom. The van der Waals surface area contributed by atoms with Crippen LogP contribution in [0, 0.1) is 0 Å². The van der Waals surface area contributed by atoms with Gasteiger partial charge in [0.1, 0.15) is 6.04 Å². The average molecular weight is 592 g/mol. The molecule has 3 aromatic rings. The fourth-order valence-electron chi connectivity index (χ4n) is 2.75. The van der Waals surface area contributed by atoms with E-state index in [9.17, 15) is 19.2 Å². The number of aliphatic carboxylic acids is 2. The third-order valence-corrected chi connectivity index (χ3v) is 4.36. The van der Waals surface area contributed by atoms with Gasteiger partial charge in [-0.15, -0.1) is 0 Å². The van der Waals surface area contributed by atoms with Gasteiger partial charge in [-0.05, 0) is 30.7 Å². The van der Waals surface area contributed by atoms with Gasteiger partial charge in [0.15, 0.2) is 11.2 Å². The Kier molecular flexibility index (Phi) is 11.7. The Morgan fingerprint density at radius 3 is 2.26 bits per heavy atom. The van der Waals surface area contributed by atoms with Gasteiger partial charge in [0.05, 0.1) is 18.4 Å². The fourth-order valence-corrected chi connectivity index (χ4v) is 2.75. The monoisotopic (exact) mass is 592 g/mol. The molecule has 0 aliphatic rings. The van der Waals surface area contributed by atoms with E-state index in [0.717, 1.165) is 0 Å². The topological polar surface area (TPSA) is 294 Å². The maximum Gasteiger partial charge on any atom is 2.00 e. The molecular formula is C19H19MnN7O10S. The minimum atomic E-state index is -5.17. The predicted octanol–water partition coefficient (Wildman–Crippen LogP) is -1.39. The van der Waals surface area contributed by atoms with Gasteiger partial charge in [-0.3, -0.25) is 27.8 Å². The summed E-state index contributed by atoms with van der Waals surface area (Å²) in [5, 5.41) is 23.2. The number of hydrogen-bond acceptors (Lipinski definition) is 13. The molecule has 7 N–H and O–H groups in total. The minimum Gasteiger partial charge on any atom is -0.759 e. The summed E-state index contributed by atoms with van der Waals surface area (Å²) in [7, 11) is -5.17. The van der Waals surface area contributed by atoms with Crippen molar-refractivity contribution in [2.75, 3.05) is 11.1 Å². The quantitative estimate of drug-likeness (QED) is 0.0947. The second-order valence-corrected chi connectivity index (χ2v) is 7.94. The normalized spacial score (nSPS) is 11.3. The number of carbonyl (C=O) groups is 3. The standard InChI is InChI=1S/C19H19N7O6.Mn.H2O4S/c20-19-25-15-14(17(30)26-19)23-11(8-22-15)7-21-10-3-1-9(2-4-10)16(29)24-12(18(31)32)5-6-13(27)28;;1-5(2,3)4/h1-4,8,12,21H,5-7H2,(H,24,29)(H,27,28)(H,31,32)(H3,20,22,25,26,30);;(H2,1,2,3,4)/q;+2;/p-2/t12-;;/m0../s1. The molecule has 19 heteroatoms. The molecule has 1 atom stereocenters. The Bertz CT molecular complexity index is 1460. The van der Waals surface area contributed by atoms with Gasteiger partial charge in [0.2, 0.25) is 5.95 Å². The number of amides is 1. The molecule has 0 saturated carbocycles. The van der Waals surface area contributed by atoms with Crippen LogP contribution in [0.4, 0.5) is 11.6 Å². The molecule has 2 heterocycles. The number of benzene rings is 1. The zero-order chi connectivity index (χ0) is 27.8. The van der Waals surface area contributed by atoms with Crippen molar-refractivity contribution in [2.24, 2.45) is 0 Å². The van der Waals surface area contributed by atoms with Gasteiger partial charge in [0, 0.05) is 28.1 Å². The molecule has 0 spiro atoms. The summed E-state index contributed by atoms with van der Waals surface area (Å²) < 4.78 is 34.1. The average Bonchev–Trinajstić information content (AvgIpc) is 2.79. The maximum atomic E-state index is 12.3. The molecule has 1 radical (unpaired) electrons. The van der Waals surface area contributed by atoms with Crippen LogP contribution in [-0.2, 0) is 43.6 Å². The summed E-state index contributed by atoms with van der Waals surface area (Å²) in [6, 6.07) is 4.86. The molecule has 0 bridgehead atoms. The van der Waals surface area contributed by atoms with Crippen LogP contribution in [0.5, 0.6) is 0 Å². The summed E-state index contributed by atoms with van der Waals surface area (Å²) >= 11 is 0. The smallest absolute Gasteiger partial charge is 0.759 e. The van der Waals surface area contributed by atoms with Gasteiger partial charge in [0.25, 0.3) is 11.5 Å². The number of nitrogens with one attached hydrogen (secondary N) is 3. The van der Waals surface area contributed by atoms with Crippen molar-refractivity contribution in [1.82, 2.24) is 25.3 Å². The van der Waals surface area contributed by atoms with E-state index >= 15 is 0 Å². The van der Waals surface area contributed by atoms with Crippen molar-refractivity contribution in [1.29, 1.82) is 0 Å². The molecule has 1 amide bonds. The molecule has 17 nitrogen and oxygen atoms in total. The third kappa shape index (κ3) is 10.8. The van der Waals surface area contributed by atoms with Crippen molar-refractivity contribution in [3.63, 3.8) is 0 Å². The third-order valence-electron chi connectivity index (χ3n) is 4.36. The second-order valence-electron chi connectivity index (χ2n) is 7.12. The second kappa shape index (κ2) is 14.0. The van der Waals surface area contributed by atoms with E-state index < -0.39 is 39.8 Å². The molecule has 0 saturated heterocycles. The zero-order valence-corrected chi connectivity index (χ0v) is 20.9. The summed E-state index contributed by atoms with van der Waals surface area (Å²) in [5.41, 5.74) is 6.47. The molecule has 2 aromatic heterocycles. The summed E-state index contributed by atoms with van der Waals surface area (Å²) in [6.07, 6.45) is 0.840. The van der Waals surface area contributed by atoms with E-state index in [0.29, 0.717) is 11.4 Å². The van der Waals surface area contributed by atoms with Crippen molar-refractivity contribution >= 4 is 51.0 Å². The Labute approximate surface area is 224 Å². The first kappa shape index (κ1) is 31.9. The number of rotatable bonds is 9. The van der Waals surface area contributed by atoms with E-state index in [1.54, 1.807) is 12.1 Å². The van der Waals surface area contributed by atoms with Crippen LogP contribution in [0.1, 0.15) is 28.9 Å². The number of fused-ring (bicyclic) bond motifs is 1. The number of nitrogen functional groups attached to an aromatic ring is 1. The van der Waals surface area contributed by atoms with Crippen molar-refractivity contribution in [2.45, 2.75) is 25.4 Å².